The first-order valence-electron chi connectivity index (χ1n) is 11.6. The summed E-state index contributed by atoms with van der Waals surface area (Å²) in [5.74, 6) is 0.122. The summed E-state index contributed by atoms with van der Waals surface area (Å²) in [5, 5.41) is 0. The Morgan fingerprint density at radius 3 is 2.21 bits per heavy atom. The summed E-state index contributed by atoms with van der Waals surface area (Å²) in [6.07, 6.45) is 1.05. The second-order valence-electron chi connectivity index (χ2n) is 8.48. The molecule has 1 aliphatic rings. The van der Waals surface area contributed by atoms with Crippen LogP contribution in [0.4, 0.5) is 4.39 Å². The van der Waals surface area contributed by atoms with Gasteiger partial charge in [0, 0.05) is 39.1 Å². The van der Waals surface area contributed by atoms with Gasteiger partial charge in [-0.3, -0.25) is 14.5 Å². The van der Waals surface area contributed by atoms with E-state index < -0.39 is 0 Å². The van der Waals surface area contributed by atoms with Gasteiger partial charge in [-0.2, -0.15) is 0 Å². The molecule has 3 aromatic carbocycles. The topological polar surface area (TPSA) is 49.9 Å². The molecule has 1 aliphatic heterocycles. The van der Waals surface area contributed by atoms with Crippen molar-refractivity contribution in [2.24, 2.45) is 0 Å². The predicted octanol–water partition coefficient (Wildman–Crippen LogP) is 4.36. The standard InChI is InChI=1S/C28H29FN2O3/c29-24-13-10-23(11-14-24)20-30-16-18-31(19-17-30)28(33)21-34-27-9-5-4-8-25(27)26(32)15-12-22-6-2-1-3-7-22/h1-11,13-14H,12,15-21H2. The zero-order chi connectivity index (χ0) is 23.8. The van der Waals surface area contributed by atoms with E-state index in [9.17, 15) is 14.0 Å². The molecule has 0 radical (unpaired) electrons. The Morgan fingerprint density at radius 2 is 1.47 bits per heavy atom. The third-order valence-corrected chi connectivity index (χ3v) is 6.07. The lowest BCUT2D eigenvalue weighted by atomic mass is 10.0. The van der Waals surface area contributed by atoms with Crippen LogP contribution in [0.15, 0.2) is 78.9 Å². The lowest BCUT2D eigenvalue weighted by molar-refractivity contribution is -0.135. The molecule has 0 N–H and O–H groups in total. The molecule has 5 nitrogen and oxygen atoms in total. The van der Waals surface area contributed by atoms with Crippen molar-refractivity contribution < 1.29 is 18.7 Å². The molecule has 0 aromatic heterocycles. The van der Waals surface area contributed by atoms with Gasteiger partial charge in [-0.1, -0.05) is 54.6 Å². The molecule has 4 rings (SSSR count). The van der Waals surface area contributed by atoms with E-state index >= 15 is 0 Å². The number of amides is 1. The minimum Gasteiger partial charge on any atom is -0.483 e. The molecule has 0 atom stereocenters. The highest BCUT2D eigenvalue weighted by Crippen LogP contribution is 2.21. The summed E-state index contributed by atoms with van der Waals surface area (Å²) >= 11 is 0. The molecule has 1 amide bonds. The van der Waals surface area contributed by atoms with Crippen LogP contribution in [0.5, 0.6) is 5.75 Å². The van der Waals surface area contributed by atoms with Crippen molar-refractivity contribution in [3.05, 3.63) is 101 Å². The number of halogens is 1. The second-order valence-corrected chi connectivity index (χ2v) is 8.48. The molecule has 1 fully saturated rings. The van der Waals surface area contributed by atoms with Gasteiger partial charge in [0.05, 0.1) is 5.56 Å². The molecular formula is C28H29FN2O3. The SMILES string of the molecule is O=C(CCc1ccccc1)c1ccccc1OCC(=O)N1CCN(Cc2ccc(F)cc2)CC1. The third kappa shape index (κ3) is 6.51. The van der Waals surface area contributed by atoms with E-state index in [0.717, 1.165) is 30.8 Å². The van der Waals surface area contributed by atoms with E-state index in [1.54, 1.807) is 29.2 Å². The van der Waals surface area contributed by atoms with Crippen molar-refractivity contribution >= 4 is 11.7 Å². The number of piperazine rings is 1. The Labute approximate surface area is 199 Å². The number of ether oxygens (including phenoxy) is 1. The highest BCUT2D eigenvalue weighted by atomic mass is 19.1. The van der Waals surface area contributed by atoms with E-state index in [2.05, 4.69) is 4.90 Å². The Balaban J connectivity index is 1.25. The van der Waals surface area contributed by atoms with Crippen LogP contribution in [0.25, 0.3) is 0 Å². The molecule has 0 spiro atoms. The normalized spacial score (nSPS) is 14.1. The van der Waals surface area contributed by atoms with Gasteiger partial charge < -0.3 is 9.64 Å². The molecule has 1 heterocycles. The van der Waals surface area contributed by atoms with Gasteiger partial charge in [-0.25, -0.2) is 4.39 Å². The van der Waals surface area contributed by atoms with E-state index in [1.165, 1.54) is 12.1 Å². The van der Waals surface area contributed by atoms with Crippen LogP contribution in [0, 0.1) is 5.82 Å². The Morgan fingerprint density at radius 1 is 0.794 bits per heavy atom. The van der Waals surface area contributed by atoms with Crippen molar-refractivity contribution in [3.8, 4) is 5.75 Å². The number of hydrogen-bond acceptors (Lipinski definition) is 4. The predicted molar refractivity (Wildman–Crippen MR) is 129 cm³/mol. The fourth-order valence-electron chi connectivity index (χ4n) is 4.09. The van der Waals surface area contributed by atoms with Crippen LogP contribution in [0.1, 0.15) is 27.9 Å². The molecule has 0 aliphatic carbocycles. The Kier molecular flexibility index (Phi) is 8.04. The monoisotopic (exact) mass is 460 g/mol. The minimum absolute atomic E-state index is 0.00121. The number of carbonyl (C=O) groups is 2. The Bertz CT molecular complexity index is 1090. The van der Waals surface area contributed by atoms with Gasteiger partial charge >= 0.3 is 0 Å². The number of Topliss-reactive ketones (excluding diaryl/α,β-unsaturated/α-hetero) is 1. The Hall–Kier alpha value is -3.51. The van der Waals surface area contributed by atoms with E-state index in [4.69, 9.17) is 4.74 Å². The summed E-state index contributed by atoms with van der Waals surface area (Å²) in [6.45, 7) is 3.36. The van der Waals surface area contributed by atoms with Crippen molar-refractivity contribution in [1.82, 2.24) is 9.80 Å². The smallest absolute Gasteiger partial charge is 0.260 e. The van der Waals surface area contributed by atoms with E-state index in [1.807, 2.05) is 42.5 Å². The van der Waals surface area contributed by atoms with Crippen LogP contribution < -0.4 is 4.74 Å². The molecule has 3 aromatic rings. The number of benzene rings is 3. The number of ketones is 1. The van der Waals surface area contributed by atoms with Gasteiger partial charge in [0.1, 0.15) is 11.6 Å². The molecule has 1 saturated heterocycles. The zero-order valence-corrected chi connectivity index (χ0v) is 19.2. The van der Waals surface area contributed by atoms with Gasteiger partial charge in [-0.05, 0) is 41.8 Å². The van der Waals surface area contributed by atoms with Crippen LogP contribution in [-0.4, -0.2) is 54.3 Å². The quantitative estimate of drug-likeness (QED) is 0.445. The van der Waals surface area contributed by atoms with Crippen LogP contribution >= 0.6 is 0 Å². The highest BCUT2D eigenvalue weighted by Gasteiger charge is 2.22. The van der Waals surface area contributed by atoms with E-state index in [-0.39, 0.29) is 24.1 Å². The van der Waals surface area contributed by atoms with E-state index in [0.29, 0.717) is 37.2 Å². The maximum atomic E-state index is 13.1. The number of para-hydroxylation sites is 1. The first-order valence-corrected chi connectivity index (χ1v) is 11.6. The molecule has 0 unspecified atom stereocenters. The van der Waals surface area contributed by atoms with Gasteiger partial charge in [-0.15, -0.1) is 0 Å². The van der Waals surface area contributed by atoms with Gasteiger partial charge in [0.25, 0.3) is 5.91 Å². The maximum Gasteiger partial charge on any atom is 0.260 e. The van der Waals surface area contributed by atoms with Gasteiger partial charge in [0.15, 0.2) is 12.4 Å². The maximum absolute atomic E-state index is 13.1. The average molecular weight is 461 g/mol. The number of nitrogens with zero attached hydrogens (tertiary/aromatic N) is 2. The minimum atomic E-state index is -0.237. The lowest BCUT2D eigenvalue weighted by Crippen LogP contribution is -2.49. The zero-order valence-electron chi connectivity index (χ0n) is 19.2. The molecule has 6 heteroatoms. The molecule has 0 bridgehead atoms. The molecular weight excluding hydrogens is 431 g/mol. The fourth-order valence-corrected chi connectivity index (χ4v) is 4.09. The largest absolute Gasteiger partial charge is 0.483 e. The molecule has 34 heavy (non-hydrogen) atoms. The number of hydrogen-bond donors (Lipinski definition) is 0. The van der Waals surface area contributed by atoms with Crippen molar-refractivity contribution in [3.63, 3.8) is 0 Å². The van der Waals surface area contributed by atoms with Crippen LogP contribution in [0.3, 0.4) is 0 Å². The summed E-state index contributed by atoms with van der Waals surface area (Å²) < 4.78 is 18.9. The van der Waals surface area contributed by atoms with Crippen molar-refractivity contribution in [2.45, 2.75) is 19.4 Å². The number of carbonyl (C=O) groups excluding carboxylic acids is 2. The third-order valence-electron chi connectivity index (χ3n) is 6.07. The van der Waals surface area contributed by atoms with Gasteiger partial charge in [0.2, 0.25) is 0 Å². The average Bonchev–Trinajstić information content (AvgIpc) is 2.88. The first kappa shape index (κ1) is 23.6. The highest BCUT2D eigenvalue weighted by molar-refractivity contribution is 5.98. The van der Waals surface area contributed by atoms with Crippen molar-refractivity contribution in [1.29, 1.82) is 0 Å². The molecule has 176 valence electrons. The lowest BCUT2D eigenvalue weighted by Gasteiger charge is -2.34. The first-order chi connectivity index (χ1) is 16.6. The second kappa shape index (κ2) is 11.6. The fraction of sp³-hybridized carbons (Fsp3) is 0.286. The molecule has 0 saturated carbocycles. The van der Waals surface area contributed by atoms with Crippen LogP contribution in [-0.2, 0) is 17.8 Å². The number of aryl methyl sites for hydroxylation is 1. The summed E-state index contributed by atoms with van der Waals surface area (Å²) in [5.41, 5.74) is 2.68. The number of rotatable bonds is 9. The van der Waals surface area contributed by atoms with Crippen molar-refractivity contribution in [2.75, 3.05) is 32.8 Å². The van der Waals surface area contributed by atoms with Crippen LogP contribution in [0.2, 0.25) is 0 Å². The summed E-state index contributed by atoms with van der Waals surface area (Å²) in [6, 6.07) is 23.5. The summed E-state index contributed by atoms with van der Waals surface area (Å²) in [7, 11) is 0. The summed E-state index contributed by atoms with van der Waals surface area (Å²) in [4.78, 5) is 29.6.